The van der Waals surface area contributed by atoms with Gasteiger partial charge in [-0.15, -0.1) is 0 Å². The highest BCUT2D eigenvalue weighted by molar-refractivity contribution is 5.76. The molecule has 19 heteroatoms. The van der Waals surface area contributed by atoms with Crippen molar-refractivity contribution in [3.63, 3.8) is 0 Å². The van der Waals surface area contributed by atoms with Crippen LogP contribution in [-0.4, -0.2) is 193 Å². The van der Waals surface area contributed by atoms with E-state index in [1.54, 1.807) is 12.2 Å². The highest BCUT2D eigenvalue weighted by Crippen LogP contribution is 2.33. The van der Waals surface area contributed by atoms with Crippen LogP contribution in [0.15, 0.2) is 72.9 Å². The minimum absolute atomic E-state index is 0.225. The summed E-state index contributed by atoms with van der Waals surface area (Å²) in [5, 5.41) is 119. The molecule has 0 aromatic heterocycles. The topological polar surface area (TPSA) is 307 Å². The number of nitrogens with one attached hydrogen (secondary N) is 1. The van der Waals surface area contributed by atoms with Gasteiger partial charge < -0.3 is 89.9 Å². The Labute approximate surface area is 445 Å². The van der Waals surface area contributed by atoms with Gasteiger partial charge in [0.25, 0.3) is 0 Å². The van der Waals surface area contributed by atoms with Crippen LogP contribution in [0, 0.1) is 0 Å². The number of amides is 1. The van der Waals surface area contributed by atoms with E-state index in [1.165, 1.54) is 32.1 Å². The van der Waals surface area contributed by atoms with Gasteiger partial charge >= 0.3 is 0 Å². The monoisotopic (exact) mass is 1070 g/mol. The van der Waals surface area contributed by atoms with Crippen molar-refractivity contribution < 1.29 is 89.4 Å². The number of aliphatic hydroxyl groups excluding tert-OH is 11. The summed E-state index contributed by atoms with van der Waals surface area (Å²) >= 11 is 0. The molecular weight excluding hydrogens is 975 g/mol. The number of aliphatic hydroxyl groups is 11. The molecule has 0 bridgehead atoms. The highest BCUT2D eigenvalue weighted by Gasteiger charge is 2.53. The molecular formula is C56H95NO18. The zero-order chi connectivity index (χ0) is 54.8. The maximum absolute atomic E-state index is 13.2. The van der Waals surface area contributed by atoms with Crippen LogP contribution in [0.4, 0.5) is 0 Å². The molecule has 0 aromatic rings. The third-order valence-corrected chi connectivity index (χ3v) is 13.5. The molecule has 0 saturated carbocycles. The van der Waals surface area contributed by atoms with Crippen LogP contribution < -0.4 is 5.32 Å². The summed E-state index contributed by atoms with van der Waals surface area (Å²) in [5.41, 5.74) is 0. The van der Waals surface area contributed by atoms with Gasteiger partial charge in [-0.05, 0) is 64.2 Å². The lowest BCUT2D eigenvalue weighted by atomic mass is 9.96. The fourth-order valence-corrected chi connectivity index (χ4v) is 8.91. The summed E-state index contributed by atoms with van der Waals surface area (Å²) in [6.07, 6.45) is 18.0. The fraction of sp³-hybridized carbons (Fsp3) is 0.768. The zero-order valence-corrected chi connectivity index (χ0v) is 44.5. The summed E-state index contributed by atoms with van der Waals surface area (Å²) in [7, 11) is 0. The van der Waals surface area contributed by atoms with Crippen LogP contribution in [0.2, 0.25) is 0 Å². The van der Waals surface area contributed by atoms with Crippen molar-refractivity contribution in [3.05, 3.63) is 72.9 Å². The average molecular weight is 1070 g/mol. The molecule has 3 saturated heterocycles. The van der Waals surface area contributed by atoms with Crippen molar-refractivity contribution in [2.24, 2.45) is 0 Å². The van der Waals surface area contributed by atoms with Crippen molar-refractivity contribution in [2.45, 2.75) is 247 Å². The van der Waals surface area contributed by atoms with Crippen LogP contribution in [0.25, 0.3) is 0 Å². The summed E-state index contributed by atoms with van der Waals surface area (Å²) in [4.78, 5) is 13.2. The molecule has 0 radical (unpaired) electrons. The first-order chi connectivity index (χ1) is 36.3. The number of carbonyl (C=O) groups is 1. The van der Waals surface area contributed by atoms with Gasteiger partial charge in [0.2, 0.25) is 5.91 Å². The lowest BCUT2D eigenvalue weighted by Gasteiger charge is -2.48. The molecule has 3 aliphatic rings. The Morgan fingerprint density at radius 3 is 1.48 bits per heavy atom. The predicted octanol–water partition coefficient (Wildman–Crippen LogP) is 3.48. The van der Waals surface area contributed by atoms with Gasteiger partial charge in [0.1, 0.15) is 73.2 Å². The van der Waals surface area contributed by atoms with Gasteiger partial charge in [0.15, 0.2) is 18.9 Å². The number of ether oxygens (including phenoxy) is 6. The minimum Gasteiger partial charge on any atom is -0.394 e. The summed E-state index contributed by atoms with van der Waals surface area (Å²) in [6, 6.07) is -0.992. The number of unbranched alkanes of at least 4 members (excludes halogenated alkanes) is 12. The molecule has 17 atom stereocenters. The molecule has 3 fully saturated rings. The molecule has 75 heavy (non-hydrogen) atoms. The number of allylic oxidation sites excluding steroid dienone is 11. The third kappa shape index (κ3) is 24.4. The first kappa shape index (κ1) is 66.5. The number of hydrogen-bond acceptors (Lipinski definition) is 18. The smallest absolute Gasteiger partial charge is 0.220 e. The quantitative estimate of drug-likeness (QED) is 0.0311. The second-order valence-electron chi connectivity index (χ2n) is 19.7. The van der Waals surface area contributed by atoms with Crippen molar-refractivity contribution in [2.75, 3.05) is 26.4 Å². The Morgan fingerprint density at radius 2 is 0.933 bits per heavy atom. The van der Waals surface area contributed by atoms with E-state index in [0.717, 1.165) is 77.0 Å². The largest absolute Gasteiger partial charge is 0.394 e. The molecule has 3 aliphatic heterocycles. The van der Waals surface area contributed by atoms with E-state index in [4.69, 9.17) is 28.4 Å². The van der Waals surface area contributed by atoms with Crippen LogP contribution in [-0.2, 0) is 33.2 Å². The highest BCUT2D eigenvalue weighted by atomic mass is 16.8. The molecule has 0 aliphatic carbocycles. The molecule has 0 spiro atoms. The van der Waals surface area contributed by atoms with Crippen LogP contribution >= 0.6 is 0 Å². The summed E-state index contributed by atoms with van der Waals surface area (Å²) < 4.78 is 34.0. The van der Waals surface area contributed by atoms with Crippen LogP contribution in [0.3, 0.4) is 0 Å². The Hall–Kier alpha value is -2.77. The van der Waals surface area contributed by atoms with Crippen molar-refractivity contribution in [3.8, 4) is 0 Å². The SMILES string of the molecule is CC/C=C\C/C=C\C/C=C\C/C=C\CCCCCCCCCCCCC(=O)NC(COC1OC(CO)C(OC2OC(CO)C(OC3OC(CO)C(O)C(O)C3O)C(O)C2O)C(O)C1O)C(O)/C=C/CC/C=C/CCC. The predicted molar refractivity (Wildman–Crippen MR) is 281 cm³/mol. The number of carbonyl (C=O) groups excluding carboxylic acids is 1. The van der Waals surface area contributed by atoms with E-state index in [0.29, 0.717) is 12.8 Å². The van der Waals surface area contributed by atoms with Crippen molar-refractivity contribution in [1.82, 2.24) is 5.32 Å². The van der Waals surface area contributed by atoms with Gasteiger partial charge in [-0.25, -0.2) is 0 Å². The lowest BCUT2D eigenvalue weighted by molar-refractivity contribution is -0.379. The van der Waals surface area contributed by atoms with Gasteiger partial charge in [-0.3, -0.25) is 4.79 Å². The van der Waals surface area contributed by atoms with E-state index in [1.807, 2.05) is 0 Å². The van der Waals surface area contributed by atoms with Gasteiger partial charge in [-0.1, -0.05) is 145 Å². The second-order valence-corrected chi connectivity index (χ2v) is 19.7. The minimum atomic E-state index is -1.98. The Balaban J connectivity index is 1.45. The summed E-state index contributed by atoms with van der Waals surface area (Å²) in [6.45, 7) is 1.43. The first-order valence-corrected chi connectivity index (χ1v) is 27.7. The molecule has 17 unspecified atom stereocenters. The maximum Gasteiger partial charge on any atom is 0.220 e. The van der Waals surface area contributed by atoms with Crippen LogP contribution in [0.1, 0.15) is 142 Å². The van der Waals surface area contributed by atoms with E-state index in [-0.39, 0.29) is 18.9 Å². The normalized spacial score (nSPS) is 31.8. The van der Waals surface area contributed by atoms with Gasteiger partial charge in [-0.2, -0.15) is 0 Å². The average Bonchev–Trinajstić information content (AvgIpc) is 3.41. The van der Waals surface area contributed by atoms with Crippen molar-refractivity contribution >= 4 is 5.91 Å². The third-order valence-electron chi connectivity index (χ3n) is 13.5. The maximum atomic E-state index is 13.2. The second kappa shape index (κ2) is 39.6. The molecule has 1 amide bonds. The van der Waals surface area contributed by atoms with Crippen LogP contribution in [0.5, 0.6) is 0 Å². The molecule has 3 rings (SSSR count). The van der Waals surface area contributed by atoms with Crippen molar-refractivity contribution in [1.29, 1.82) is 0 Å². The lowest BCUT2D eigenvalue weighted by Crippen LogP contribution is -2.66. The van der Waals surface area contributed by atoms with E-state index >= 15 is 0 Å². The first-order valence-electron chi connectivity index (χ1n) is 27.7. The molecule has 12 N–H and O–H groups in total. The zero-order valence-electron chi connectivity index (χ0n) is 44.5. The molecule has 0 aromatic carbocycles. The number of rotatable bonds is 38. The molecule has 3 heterocycles. The Kier molecular flexibility index (Phi) is 35.1. The molecule has 19 nitrogen and oxygen atoms in total. The van der Waals surface area contributed by atoms with Gasteiger partial charge in [0, 0.05) is 6.42 Å². The van der Waals surface area contributed by atoms with Gasteiger partial charge in [0.05, 0.1) is 38.6 Å². The standard InChI is InChI=1S/C56H95NO18/c1-3-5-7-9-11-12-13-14-15-16-17-18-19-20-21-22-23-24-25-26-28-30-32-34-44(62)57-39(40(61)33-31-29-27-10-8-6-4-2)38-70-54-50(68)47(65)52(42(36-59)72-54)75-56-51(69)48(66)53(43(37-60)73-56)74-55-49(67)46(64)45(63)41(35-58)71-55/h5,7-8,10-12,14-15,17-18,31,33,39-43,45-56,58-61,63-69H,3-4,6,9,13,16,19-30,32,34-38H2,1-2H3,(H,57,62)/b7-5-,10-8+,12-11-,15-14-,18-17-,33-31+. The number of hydrogen-bond donors (Lipinski definition) is 12. The molecule has 432 valence electrons. The van der Waals surface area contributed by atoms with E-state index < -0.39 is 124 Å². The van der Waals surface area contributed by atoms with E-state index in [2.05, 4.69) is 79.9 Å². The summed E-state index contributed by atoms with van der Waals surface area (Å²) in [5.74, 6) is -0.300. The fourth-order valence-electron chi connectivity index (χ4n) is 8.91. The van der Waals surface area contributed by atoms with E-state index in [9.17, 15) is 61.0 Å². The Bertz CT molecular complexity index is 1660. The Morgan fingerprint density at radius 1 is 0.493 bits per heavy atom.